The number of nitro groups is 2. The summed E-state index contributed by atoms with van der Waals surface area (Å²) in [5, 5.41) is 22.5. The second-order valence-electron chi connectivity index (χ2n) is 5.79. The zero-order valence-corrected chi connectivity index (χ0v) is 16.2. The van der Waals surface area contributed by atoms with E-state index in [4.69, 9.17) is 11.6 Å². The lowest BCUT2D eigenvalue weighted by molar-refractivity contribution is -0.384. The molecule has 4 N–H and O–H groups in total. The molecule has 2 aromatic carbocycles. The molecular weight excluding hydrogens is 432 g/mol. The second-order valence-corrected chi connectivity index (χ2v) is 6.20. The van der Waals surface area contributed by atoms with E-state index in [0.29, 0.717) is 5.69 Å². The van der Waals surface area contributed by atoms with Gasteiger partial charge < -0.3 is 0 Å². The molecule has 13 nitrogen and oxygen atoms in total. The van der Waals surface area contributed by atoms with Gasteiger partial charge in [-0.1, -0.05) is 23.7 Å². The van der Waals surface area contributed by atoms with Crippen molar-refractivity contribution in [1.29, 1.82) is 0 Å². The van der Waals surface area contributed by atoms with E-state index in [0.717, 1.165) is 6.33 Å². The fraction of sp³-hybridized carbons (Fsp3) is 0. The summed E-state index contributed by atoms with van der Waals surface area (Å²) in [4.78, 5) is 40.8. The van der Waals surface area contributed by atoms with Crippen LogP contribution in [0.15, 0.2) is 54.9 Å². The Morgan fingerprint density at radius 2 is 1.52 bits per heavy atom. The number of aromatic nitrogens is 2. The fourth-order valence-corrected chi connectivity index (χ4v) is 2.58. The average molecular weight is 445 g/mol. The van der Waals surface area contributed by atoms with Crippen LogP contribution in [0.1, 0.15) is 10.4 Å². The lowest BCUT2D eigenvalue weighted by atomic mass is 10.2. The predicted molar refractivity (Wildman–Crippen MR) is 112 cm³/mol. The summed E-state index contributed by atoms with van der Waals surface area (Å²) in [6, 6.07) is 11.6. The molecule has 0 fully saturated rings. The van der Waals surface area contributed by atoms with Crippen LogP contribution < -0.4 is 21.7 Å². The van der Waals surface area contributed by atoms with Gasteiger partial charge in [0.2, 0.25) is 11.6 Å². The number of benzene rings is 2. The number of amides is 1. The van der Waals surface area contributed by atoms with E-state index in [2.05, 4.69) is 31.7 Å². The number of hydrazine groups is 2. The van der Waals surface area contributed by atoms with E-state index in [1.165, 1.54) is 36.4 Å². The average Bonchev–Trinajstić information content (AvgIpc) is 2.76. The van der Waals surface area contributed by atoms with Gasteiger partial charge in [0.05, 0.1) is 26.1 Å². The summed E-state index contributed by atoms with van der Waals surface area (Å²) in [6.07, 6.45) is 1.04. The minimum atomic E-state index is -0.746. The zero-order valence-electron chi connectivity index (χ0n) is 15.4. The van der Waals surface area contributed by atoms with Gasteiger partial charge in [0.25, 0.3) is 11.6 Å². The van der Waals surface area contributed by atoms with Gasteiger partial charge in [-0.05, 0) is 24.3 Å². The minimum absolute atomic E-state index is 0.112. The third-order valence-electron chi connectivity index (χ3n) is 3.82. The van der Waals surface area contributed by atoms with Crippen LogP contribution in [0.25, 0.3) is 0 Å². The molecule has 0 spiro atoms. The highest BCUT2D eigenvalue weighted by Gasteiger charge is 2.24. The Bertz CT molecular complexity index is 1140. The number of hydrogen-bond acceptors (Lipinski definition) is 10. The Hall–Kier alpha value is -4.52. The van der Waals surface area contributed by atoms with Gasteiger partial charge in [-0.15, -0.1) is 0 Å². The van der Waals surface area contributed by atoms with Gasteiger partial charge >= 0.3 is 5.69 Å². The standard InChI is InChI=1S/C17H13ClN8O5/c18-13-4-2-1-3-12(13)17(27)24-23-16-14(26(30)31)15(19-9-20-16)22-21-10-5-7-11(8-6-10)25(28)29/h1-9,21H,(H,24,27)(H2,19,20,22,23). The van der Waals surface area contributed by atoms with Crippen molar-refractivity contribution in [2.45, 2.75) is 0 Å². The van der Waals surface area contributed by atoms with Crippen LogP contribution in [0.2, 0.25) is 5.02 Å². The van der Waals surface area contributed by atoms with Crippen molar-refractivity contribution in [3.05, 3.63) is 85.7 Å². The first-order valence-electron chi connectivity index (χ1n) is 8.43. The lowest BCUT2D eigenvalue weighted by Gasteiger charge is -2.12. The molecule has 0 bridgehead atoms. The Morgan fingerprint density at radius 1 is 0.871 bits per heavy atom. The highest BCUT2D eigenvalue weighted by Crippen LogP contribution is 2.28. The van der Waals surface area contributed by atoms with Gasteiger partial charge in [0.15, 0.2) is 0 Å². The van der Waals surface area contributed by atoms with Crippen LogP contribution >= 0.6 is 11.6 Å². The molecule has 3 aromatic rings. The van der Waals surface area contributed by atoms with E-state index in [1.54, 1.807) is 12.1 Å². The maximum atomic E-state index is 12.2. The highest BCUT2D eigenvalue weighted by atomic mass is 35.5. The van der Waals surface area contributed by atoms with Gasteiger partial charge in [-0.25, -0.2) is 9.97 Å². The number of carbonyl (C=O) groups excluding carboxylic acids is 1. The number of nitro benzene ring substituents is 1. The molecule has 1 heterocycles. The number of anilines is 3. The summed E-state index contributed by atoms with van der Waals surface area (Å²) < 4.78 is 0. The van der Waals surface area contributed by atoms with E-state index in [1.807, 2.05) is 0 Å². The van der Waals surface area contributed by atoms with E-state index < -0.39 is 21.4 Å². The van der Waals surface area contributed by atoms with Crippen molar-refractivity contribution in [3.63, 3.8) is 0 Å². The van der Waals surface area contributed by atoms with Crippen molar-refractivity contribution < 1.29 is 14.6 Å². The van der Waals surface area contributed by atoms with Crippen molar-refractivity contribution in [3.8, 4) is 0 Å². The SMILES string of the molecule is O=C(NNc1ncnc(NNc2ccc([N+](=O)[O-])cc2)c1[N+](=O)[O-])c1ccccc1Cl. The topological polar surface area (TPSA) is 177 Å². The van der Waals surface area contributed by atoms with Crippen molar-refractivity contribution >= 4 is 46.2 Å². The molecule has 0 saturated heterocycles. The lowest BCUT2D eigenvalue weighted by Crippen LogP contribution is -2.30. The van der Waals surface area contributed by atoms with E-state index in [-0.39, 0.29) is 27.9 Å². The van der Waals surface area contributed by atoms with Gasteiger partial charge in [0.1, 0.15) is 6.33 Å². The molecule has 0 saturated carbocycles. The number of halogens is 1. The Morgan fingerprint density at radius 3 is 2.13 bits per heavy atom. The van der Waals surface area contributed by atoms with E-state index >= 15 is 0 Å². The van der Waals surface area contributed by atoms with Crippen molar-refractivity contribution in [1.82, 2.24) is 15.4 Å². The molecule has 0 aliphatic heterocycles. The highest BCUT2D eigenvalue weighted by molar-refractivity contribution is 6.33. The minimum Gasteiger partial charge on any atom is -0.299 e. The van der Waals surface area contributed by atoms with Crippen molar-refractivity contribution in [2.24, 2.45) is 0 Å². The van der Waals surface area contributed by atoms with Gasteiger partial charge in [-0.2, -0.15) is 0 Å². The summed E-state index contributed by atoms with van der Waals surface area (Å²) >= 11 is 5.96. The van der Waals surface area contributed by atoms with Crippen LogP contribution in [0.5, 0.6) is 0 Å². The first kappa shape index (κ1) is 21.2. The van der Waals surface area contributed by atoms with Crippen LogP contribution in [-0.4, -0.2) is 25.7 Å². The smallest absolute Gasteiger partial charge is 0.299 e. The Labute approximate surface area is 178 Å². The molecule has 0 atom stereocenters. The number of carbonyl (C=O) groups is 1. The third kappa shape index (κ3) is 5.10. The molecule has 0 unspecified atom stereocenters. The fourth-order valence-electron chi connectivity index (χ4n) is 2.36. The number of hydrogen-bond donors (Lipinski definition) is 4. The van der Waals surface area contributed by atoms with Crippen LogP contribution in [-0.2, 0) is 0 Å². The first-order chi connectivity index (χ1) is 14.9. The Balaban J connectivity index is 1.74. The molecule has 158 valence electrons. The number of nitrogens with one attached hydrogen (secondary N) is 4. The third-order valence-corrected chi connectivity index (χ3v) is 4.15. The zero-order chi connectivity index (χ0) is 22.4. The van der Waals surface area contributed by atoms with Crippen LogP contribution in [0, 0.1) is 20.2 Å². The largest absolute Gasteiger partial charge is 0.356 e. The molecule has 3 rings (SSSR count). The summed E-state index contributed by atoms with van der Waals surface area (Å²) in [5.41, 5.74) is 9.74. The maximum Gasteiger partial charge on any atom is 0.356 e. The van der Waals surface area contributed by atoms with E-state index in [9.17, 15) is 25.0 Å². The maximum absolute atomic E-state index is 12.2. The number of nitrogens with zero attached hydrogens (tertiary/aromatic N) is 4. The summed E-state index contributed by atoms with van der Waals surface area (Å²) in [6.45, 7) is 0. The van der Waals surface area contributed by atoms with Crippen LogP contribution in [0.4, 0.5) is 28.7 Å². The first-order valence-corrected chi connectivity index (χ1v) is 8.81. The number of rotatable bonds is 8. The molecule has 1 amide bonds. The monoisotopic (exact) mass is 444 g/mol. The molecule has 0 radical (unpaired) electrons. The van der Waals surface area contributed by atoms with Gasteiger partial charge in [0, 0.05) is 12.1 Å². The number of non-ortho nitro benzene ring substituents is 1. The van der Waals surface area contributed by atoms with Gasteiger partial charge in [-0.3, -0.25) is 46.7 Å². The quantitative estimate of drug-likeness (QED) is 0.298. The predicted octanol–water partition coefficient (Wildman–Crippen LogP) is 3.14. The van der Waals surface area contributed by atoms with Crippen LogP contribution in [0.3, 0.4) is 0 Å². The Kier molecular flexibility index (Phi) is 6.37. The molecule has 1 aromatic heterocycles. The molecular formula is C17H13ClN8O5. The second kappa shape index (κ2) is 9.32. The normalized spacial score (nSPS) is 10.1. The molecule has 14 heteroatoms. The summed E-state index contributed by atoms with van der Waals surface area (Å²) in [7, 11) is 0. The summed E-state index contributed by atoms with van der Waals surface area (Å²) in [5.74, 6) is -1.13. The molecule has 31 heavy (non-hydrogen) atoms. The van der Waals surface area contributed by atoms with Crippen molar-refractivity contribution in [2.75, 3.05) is 16.3 Å². The molecule has 0 aliphatic carbocycles. The molecule has 0 aliphatic rings.